The Labute approximate surface area is 126 Å². The van der Waals surface area contributed by atoms with E-state index in [0.717, 1.165) is 5.56 Å². The molecular formula is C13H12N4O2S2. The lowest BCUT2D eigenvalue weighted by Crippen LogP contribution is -2.13. The van der Waals surface area contributed by atoms with E-state index in [4.69, 9.17) is 0 Å². The number of hydrogen-bond acceptors (Lipinski definition) is 5. The van der Waals surface area contributed by atoms with Gasteiger partial charge < -0.3 is 0 Å². The third-order valence-electron chi connectivity index (χ3n) is 2.79. The maximum absolute atomic E-state index is 12.5. The lowest BCUT2D eigenvalue weighted by molar-refractivity contribution is 0.601. The standard InChI is InChI=1S/C13H12N4O2S2/c1-17-9-11(12(15-17)10-5-3-2-4-6-10)21(18,19)16-13-14-7-8-20-13/h2-9H,1H3,(H,14,16). The van der Waals surface area contributed by atoms with Crippen molar-refractivity contribution in [2.24, 2.45) is 7.05 Å². The first-order chi connectivity index (χ1) is 10.1. The van der Waals surface area contributed by atoms with Crippen molar-refractivity contribution in [2.45, 2.75) is 4.90 Å². The third-order valence-corrected chi connectivity index (χ3v) is 4.94. The minimum atomic E-state index is -3.73. The Morgan fingerprint density at radius 1 is 1.24 bits per heavy atom. The van der Waals surface area contributed by atoms with E-state index in [2.05, 4.69) is 14.8 Å². The molecule has 1 aromatic carbocycles. The first-order valence-electron chi connectivity index (χ1n) is 6.07. The summed E-state index contributed by atoms with van der Waals surface area (Å²) in [6, 6.07) is 9.20. The number of aromatic nitrogens is 3. The molecule has 0 aliphatic carbocycles. The summed E-state index contributed by atoms with van der Waals surface area (Å²) in [4.78, 5) is 4.07. The molecule has 1 N–H and O–H groups in total. The summed E-state index contributed by atoms with van der Waals surface area (Å²) >= 11 is 1.22. The molecule has 2 aromatic heterocycles. The molecule has 0 radical (unpaired) electrons. The molecule has 0 atom stereocenters. The van der Waals surface area contributed by atoms with Crippen LogP contribution in [0.1, 0.15) is 0 Å². The lowest BCUT2D eigenvalue weighted by atomic mass is 10.2. The number of rotatable bonds is 4. The van der Waals surface area contributed by atoms with E-state index in [1.165, 1.54) is 22.2 Å². The molecule has 0 aliphatic rings. The van der Waals surface area contributed by atoms with Crippen LogP contribution in [-0.2, 0) is 17.1 Å². The molecule has 0 unspecified atom stereocenters. The zero-order valence-electron chi connectivity index (χ0n) is 11.1. The summed E-state index contributed by atoms with van der Waals surface area (Å²) in [5.74, 6) is 0. The van der Waals surface area contributed by atoms with Crippen LogP contribution in [0.4, 0.5) is 5.13 Å². The number of aryl methyl sites for hydroxylation is 1. The van der Waals surface area contributed by atoms with Gasteiger partial charge in [-0.05, 0) is 0 Å². The molecular weight excluding hydrogens is 308 g/mol. The van der Waals surface area contributed by atoms with Crippen LogP contribution in [-0.4, -0.2) is 23.2 Å². The van der Waals surface area contributed by atoms with Crippen molar-refractivity contribution in [3.63, 3.8) is 0 Å². The molecule has 0 amide bonds. The molecule has 3 rings (SSSR count). The quantitative estimate of drug-likeness (QED) is 0.800. The van der Waals surface area contributed by atoms with Crippen molar-refractivity contribution in [1.29, 1.82) is 0 Å². The van der Waals surface area contributed by atoms with Crippen LogP contribution in [0, 0.1) is 0 Å². The van der Waals surface area contributed by atoms with Crippen LogP contribution in [0.15, 0.2) is 53.0 Å². The SMILES string of the molecule is Cn1cc(S(=O)(=O)Nc2nccs2)c(-c2ccccc2)n1. The van der Waals surface area contributed by atoms with Gasteiger partial charge in [0.1, 0.15) is 10.6 Å². The Hall–Kier alpha value is -2.19. The van der Waals surface area contributed by atoms with Gasteiger partial charge in [-0.2, -0.15) is 5.10 Å². The van der Waals surface area contributed by atoms with Crippen molar-refractivity contribution >= 4 is 26.5 Å². The zero-order valence-corrected chi connectivity index (χ0v) is 12.7. The second kappa shape index (κ2) is 5.30. The van der Waals surface area contributed by atoms with E-state index >= 15 is 0 Å². The van der Waals surface area contributed by atoms with Gasteiger partial charge in [-0.1, -0.05) is 30.3 Å². The fraction of sp³-hybridized carbons (Fsp3) is 0.0769. The van der Waals surface area contributed by atoms with Gasteiger partial charge in [0.15, 0.2) is 5.13 Å². The smallest absolute Gasteiger partial charge is 0.267 e. The maximum atomic E-state index is 12.5. The van der Waals surface area contributed by atoms with Gasteiger partial charge >= 0.3 is 0 Å². The van der Waals surface area contributed by atoms with E-state index in [1.807, 2.05) is 30.3 Å². The lowest BCUT2D eigenvalue weighted by Gasteiger charge is -2.05. The number of nitrogens with zero attached hydrogens (tertiary/aromatic N) is 3. The number of sulfonamides is 1. The van der Waals surface area contributed by atoms with Gasteiger partial charge in [0.25, 0.3) is 10.0 Å². The second-order valence-corrected chi connectivity index (χ2v) is 6.87. The number of nitrogens with one attached hydrogen (secondary N) is 1. The number of anilines is 1. The zero-order chi connectivity index (χ0) is 14.9. The Kier molecular flexibility index (Phi) is 3.48. The van der Waals surface area contributed by atoms with Gasteiger partial charge in [0, 0.05) is 30.4 Å². The summed E-state index contributed by atoms with van der Waals surface area (Å²) in [6.07, 6.45) is 3.03. The monoisotopic (exact) mass is 320 g/mol. The van der Waals surface area contributed by atoms with Crippen molar-refractivity contribution < 1.29 is 8.42 Å². The molecule has 21 heavy (non-hydrogen) atoms. The third kappa shape index (κ3) is 2.81. The van der Waals surface area contributed by atoms with Gasteiger partial charge in [-0.3, -0.25) is 9.40 Å². The van der Waals surface area contributed by atoms with Crippen molar-refractivity contribution in [2.75, 3.05) is 4.72 Å². The molecule has 3 aromatic rings. The van der Waals surface area contributed by atoms with Crippen molar-refractivity contribution in [3.05, 3.63) is 48.1 Å². The molecule has 0 aliphatic heterocycles. The topological polar surface area (TPSA) is 76.9 Å². The fourth-order valence-electron chi connectivity index (χ4n) is 1.90. The molecule has 2 heterocycles. The molecule has 0 saturated carbocycles. The Morgan fingerprint density at radius 3 is 2.67 bits per heavy atom. The van der Waals surface area contributed by atoms with Crippen LogP contribution in [0.25, 0.3) is 11.3 Å². The molecule has 6 nitrogen and oxygen atoms in total. The summed E-state index contributed by atoms with van der Waals surface area (Å²) in [7, 11) is -2.04. The minimum absolute atomic E-state index is 0.131. The average Bonchev–Trinajstić information content (AvgIpc) is 3.09. The van der Waals surface area contributed by atoms with E-state index in [-0.39, 0.29) is 4.90 Å². The normalized spacial score (nSPS) is 11.5. The van der Waals surface area contributed by atoms with E-state index in [1.54, 1.807) is 18.6 Å². The largest absolute Gasteiger partial charge is 0.274 e. The highest BCUT2D eigenvalue weighted by Crippen LogP contribution is 2.27. The minimum Gasteiger partial charge on any atom is -0.274 e. The van der Waals surface area contributed by atoms with Crippen LogP contribution < -0.4 is 4.72 Å². The first kappa shape index (κ1) is 13.8. The predicted molar refractivity (Wildman–Crippen MR) is 81.6 cm³/mol. The summed E-state index contributed by atoms with van der Waals surface area (Å²) < 4.78 is 29.0. The number of thiazole rings is 1. The Balaban J connectivity index is 2.07. The van der Waals surface area contributed by atoms with Crippen LogP contribution >= 0.6 is 11.3 Å². The van der Waals surface area contributed by atoms with Crippen LogP contribution in [0.5, 0.6) is 0 Å². The fourth-order valence-corrected chi connectivity index (χ4v) is 3.89. The maximum Gasteiger partial charge on any atom is 0.267 e. The van der Waals surface area contributed by atoms with Gasteiger partial charge in [0.2, 0.25) is 0 Å². The molecule has 0 bridgehead atoms. The van der Waals surface area contributed by atoms with E-state index < -0.39 is 10.0 Å². The predicted octanol–water partition coefficient (Wildman–Crippen LogP) is 2.34. The van der Waals surface area contributed by atoms with Crippen LogP contribution in [0.3, 0.4) is 0 Å². The van der Waals surface area contributed by atoms with Gasteiger partial charge in [-0.25, -0.2) is 13.4 Å². The second-order valence-electron chi connectivity index (χ2n) is 4.32. The highest BCUT2D eigenvalue weighted by atomic mass is 32.2. The van der Waals surface area contributed by atoms with E-state index in [0.29, 0.717) is 10.8 Å². The first-order valence-corrected chi connectivity index (χ1v) is 8.44. The van der Waals surface area contributed by atoms with Crippen molar-refractivity contribution in [1.82, 2.24) is 14.8 Å². The highest BCUT2D eigenvalue weighted by Gasteiger charge is 2.23. The van der Waals surface area contributed by atoms with Gasteiger partial charge in [0.05, 0.1) is 0 Å². The molecule has 0 spiro atoms. The van der Waals surface area contributed by atoms with E-state index in [9.17, 15) is 8.42 Å². The molecule has 8 heteroatoms. The number of hydrogen-bond donors (Lipinski definition) is 1. The summed E-state index contributed by atoms with van der Waals surface area (Å²) in [5.41, 5.74) is 1.17. The van der Waals surface area contributed by atoms with Crippen molar-refractivity contribution in [3.8, 4) is 11.3 Å². The summed E-state index contributed by atoms with van der Waals surface area (Å²) in [5, 5.41) is 6.30. The average molecular weight is 320 g/mol. The summed E-state index contributed by atoms with van der Waals surface area (Å²) in [6.45, 7) is 0. The van der Waals surface area contributed by atoms with Gasteiger partial charge in [-0.15, -0.1) is 11.3 Å². The molecule has 0 saturated heterocycles. The molecule has 108 valence electrons. The van der Waals surface area contributed by atoms with Crippen LogP contribution in [0.2, 0.25) is 0 Å². The number of benzene rings is 1. The highest BCUT2D eigenvalue weighted by molar-refractivity contribution is 7.93. The Bertz CT molecular complexity index is 840. The Morgan fingerprint density at radius 2 is 2.00 bits per heavy atom. The molecule has 0 fully saturated rings.